The number of hydrogen-bond donors (Lipinski definition) is 0. The minimum absolute atomic E-state index is 0.766. The third-order valence-electron chi connectivity index (χ3n) is 8.40. The Morgan fingerprint density at radius 2 is 1.73 bits per heavy atom. The van der Waals surface area contributed by atoms with Crippen LogP contribution in [0.2, 0.25) is 24.2 Å². The summed E-state index contributed by atoms with van der Waals surface area (Å²) >= 11 is 0. The summed E-state index contributed by atoms with van der Waals surface area (Å²) in [4.78, 5) is 0. The van der Waals surface area contributed by atoms with E-state index >= 15 is 0 Å². The molecular formula is C25H32Si. The van der Waals surface area contributed by atoms with E-state index in [0.29, 0.717) is 0 Å². The molecule has 0 aliphatic heterocycles. The van der Waals surface area contributed by atoms with Crippen LogP contribution in [0.1, 0.15) is 43.2 Å². The van der Waals surface area contributed by atoms with E-state index in [1.165, 1.54) is 24.8 Å². The molecule has 5 rings (SSSR count). The largest absolute Gasteiger partial charge is 0.0808 e. The Balaban J connectivity index is 1.48. The predicted octanol–water partition coefficient (Wildman–Crippen LogP) is 7.05. The second-order valence-corrected chi connectivity index (χ2v) is 15.0. The van der Waals surface area contributed by atoms with Gasteiger partial charge in [0.15, 0.2) is 0 Å². The van der Waals surface area contributed by atoms with E-state index in [2.05, 4.69) is 80.7 Å². The van der Waals surface area contributed by atoms with Crippen molar-refractivity contribution in [2.75, 3.05) is 0 Å². The average Bonchev–Trinajstić information content (AvgIpc) is 3.22. The van der Waals surface area contributed by atoms with E-state index in [9.17, 15) is 0 Å². The summed E-state index contributed by atoms with van der Waals surface area (Å²) in [7, 11) is -1.37. The smallest absolute Gasteiger partial charge is 0.0550 e. The molecule has 136 valence electrons. The third kappa shape index (κ3) is 2.39. The molecule has 2 fully saturated rings. The molecule has 1 aromatic carbocycles. The summed E-state index contributed by atoms with van der Waals surface area (Å²) in [5.41, 5.74) is 5.00. The molecule has 1 aromatic rings. The van der Waals surface area contributed by atoms with E-state index in [1.807, 2.05) is 0 Å². The quantitative estimate of drug-likeness (QED) is 0.495. The number of hydrogen-bond acceptors (Lipinski definition) is 0. The number of allylic oxidation sites excluding steroid dienone is 5. The molecule has 0 nitrogen and oxygen atoms in total. The maximum atomic E-state index is 2.74. The fourth-order valence-electron chi connectivity index (χ4n) is 7.44. The molecule has 0 saturated heterocycles. The highest BCUT2D eigenvalue weighted by molar-refractivity contribution is 6.80. The maximum Gasteiger partial charge on any atom is 0.0550 e. The van der Waals surface area contributed by atoms with Gasteiger partial charge in [0.1, 0.15) is 0 Å². The molecule has 0 N–H and O–H groups in total. The summed E-state index contributed by atoms with van der Waals surface area (Å²) in [6.45, 7) is 8.05. The van der Waals surface area contributed by atoms with E-state index in [1.54, 1.807) is 5.56 Å². The zero-order valence-electron chi connectivity index (χ0n) is 16.4. The third-order valence-corrected chi connectivity index (χ3v) is 13.7. The van der Waals surface area contributed by atoms with Crippen molar-refractivity contribution in [1.82, 2.24) is 0 Å². The molecule has 0 spiro atoms. The van der Waals surface area contributed by atoms with E-state index in [4.69, 9.17) is 0 Å². The first kappa shape index (κ1) is 16.8. The molecule has 0 amide bonds. The zero-order chi connectivity index (χ0) is 17.9. The fourth-order valence-corrected chi connectivity index (χ4v) is 13.1. The van der Waals surface area contributed by atoms with Crippen LogP contribution in [0.3, 0.4) is 0 Å². The Bertz CT molecular complexity index is 783. The highest BCUT2D eigenvalue weighted by atomic mass is 28.3. The second-order valence-electron chi connectivity index (χ2n) is 9.93. The molecular weight excluding hydrogens is 328 g/mol. The number of benzene rings is 1. The van der Waals surface area contributed by atoms with Crippen molar-refractivity contribution in [2.24, 2.45) is 23.7 Å². The van der Waals surface area contributed by atoms with Gasteiger partial charge >= 0.3 is 0 Å². The molecule has 4 aliphatic rings. The zero-order valence-corrected chi connectivity index (χ0v) is 17.4. The molecule has 0 aromatic heterocycles. The minimum atomic E-state index is -1.37. The van der Waals surface area contributed by atoms with Crippen molar-refractivity contribution in [3.8, 4) is 0 Å². The summed E-state index contributed by atoms with van der Waals surface area (Å²) < 4.78 is 0. The van der Waals surface area contributed by atoms with Crippen molar-refractivity contribution in [1.29, 1.82) is 0 Å². The van der Waals surface area contributed by atoms with Crippen LogP contribution < -0.4 is 0 Å². The molecule has 2 saturated carbocycles. The summed E-state index contributed by atoms with van der Waals surface area (Å²) in [5, 5.41) is 0. The first-order valence-electron chi connectivity index (χ1n) is 10.7. The van der Waals surface area contributed by atoms with Gasteiger partial charge in [-0.2, -0.15) is 0 Å². The lowest BCUT2D eigenvalue weighted by Gasteiger charge is -2.44. The van der Waals surface area contributed by atoms with Crippen molar-refractivity contribution in [3.05, 3.63) is 65.8 Å². The monoisotopic (exact) mass is 360 g/mol. The SMILES string of the molecule is CC1CC2c3ccccc3C=CC2C1[Si](C)(C)C1CCC2C=CC=CC21. The standard InChI is InChI=1S/C25H32Si/c1-17-16-23-20-10-6-4-8-18(20)12-14-22(23)25(17)26(2,3)24-15-13-19-9-5-7-11-21(19)24/h4-12,14,17,19,21-25H,13,15-16H2,1-3H3. The van der Waals surface area contributed by atoms with Crippen molar-refractivity contribution in [2.45, 2.75) is 56.3 Å². The molecule has 7 unspecified atom stereocenters. The normalized spacial score (nSPS) is 40.3. The molecule has 0 heterocycles. The van der Waals surface area contributed by atoms with Gasteiger partial charge in [0.2, 0.25) is 0 Å². The van der Waals surface area contributed by atoms with E-state index in [0.717, 1.165) is 40.7 Å². The lowest BCUT2D eigenvalue weighted by atomic mass is 9.81. The Kier molecular flexibility index (Phi) is 3.94. The Morgan fingerprint density at radius 3 is 2.62 bits per heavy atom. The Labute approximate surface area is 160 Å². The van der Waals surface area contributed by atoms with Crippen LogP contribution in [0, 0.1) is 23.7 Å². The van der Waals surface area contributed by atoms with Gasteiger partial charge in [-0.25, -0.2) is 0 Å². The topological polar surface area (TPSA) is 0 Å². The van der Waals surface area contributed by atoms with Crippen LogP contribution in [0.4, 0.5) is 0 Å². The first-order valence-corrected chi connectivity index (χ1v) is 13.8. The fraction of sp³-hybridized carbons (Fsp3) is 0.520. The molecule has 0 bridgehead atoms. The van der Waals surface area contributed by atoms with Gasteiger partial charge in [-0.3, -0.25) is 0 Å². The van der Waals surface area contributed by atoms with Crippen LogP contribution in [0.15, 0.2) is 54.6 Å². The van der Waals surface area contributed by atoms with Crippen molar-refractivity contribution >= 4 is 14.1 Å². The Morgan fingerprint density at radius 1 is 0.923 bits per heavy atom. The molecule has 1 heteroatoms. The molecule has 4 aliphatic carbocycles. The number of rotatable bonds is 2. The van der Waals surface area contributed by atoms with Gasteiger partial charge in [-0.1, -0.05) is 87.2 Å². The van der Waals surface area contributed by atoms with Gasteiger partial charge in [0.05, 0.1) is 8.07 Å². The molecule has 7 atom stereocenters. The highest BCUT2D eigenvalue weighted by Crippen LogP contribution is 2.62. The van der Waals surface area contributed by atoms with Gasteiger partial charge in [0.25, 0.3) is 0 Å². The lowest BCUT2D eigenvalue weighted by molar-refractivity contribution is 0.510. The van der Waals surface area contributed by atoms with Crippen LogP contribution in [-0.2, 0) is 0 Å². The highest BCUT2D eigenvalue weighted by Gasteiger charge is 2.55. The van der Waals surface area contributed by atoms with E-state index < -0.39 is 8.07 Å². The van der Waals surface area contributed by atoms with Crippen molar-refractivity contribution < 1.29 is 0 Å². The van der Waals surface area contributed by atoms with Crippen LogP contribution in [-0.4, -0.2) is 8.07 Å². The molecule has 0 radical (unpaired) electrons. The summed E-state index contributed by atoms with van der Waals surface area (Å²) in [5.74, 6) is 4.06. The molecule has 26 heavy (non-hydrogen) atoms. The summed E-state index contributed by atoms with van der Waals surface area (Å²) in [6.07, 6.45) is 19.0. The minimum Gasteiger partial charge on any atom is -0.0808 e. The van der Waals surface area contributed by atoms with Gasteiger partial charge in [-0.15, -0.1) is 0 Å². The lowest BCUT2D eigenvalue weighted by Crippen LogP contribution is -2.44. The van der Waals surface area contributed by atoms with Crippen LogP contribution >= 0.6 is 0 Å². The van der Waals surface area contributed by atoms with Gasteiger partial charge < -0.3 is 0 Å². The summed E-state index contributed by atoms with van der Waals surface area (Å²) in [6, 6.07) is 9.15. The maximum absolute atomic E-state index is 2.74. The number of fused-ring (bicyclic) bond motifs is 4. The van der Waals surface area contributed by atoms with Gasteiger partial charge in [0, 0.05) is 0 Å². The second kappa shape index (κ2) is 6.09. The predicted molar refractivity (Wildman–Crippen MR) is 115 cm³/mol. The van der Waals surface area contributed by atoms with Gasteiger partial charge in [-0.05, 0) is 64.6 Å². The van der Waals surface area contributed by atoms with Crippen molar-refractivity contribution in [3.63, 3.8) is 0 Å². The average molecular weight is 361 g/mol. The van der Waals surface area contributed by atoms with Crippen LogP contribution in [0.25, 0.3) is 6.08 Å². The Hall–Kier alpha value is -1.34. The first-order chi connectivity index (χ1) is 12.6. The van der Waals surface area contributed by atoms with Crippen LogP contribution in [0.5, 0.6) is 0 Å². The van der Waals surface area contributed by atoms with E-state index in [-0.39, 0.29) is 0 Å².